The first-order chi connectivity index (χ1) is 8.66. The van der Waals surface area contributed by atoms with Gasteiger partial charge in [-0.15, -0.1) is 0 Å². The monoisotopic (exact) mass is 299 g/mol. The van der Waals surface area contributed by atoms with Crippen LogP contribution < -0.4 is 0 Å². The third-order valence-corrected chi connectivity index (χ3v) is 1.84. The van der Waals surface area contributed by atoms with Gasteiger partial charge in [0.15, 0.2) is 0 Å². The van der Waals surface area contributed by atoms with Crippen LogP contribution >= 0.6 is 0 Å². The molecule has 0 rings (SSSR count). The summed E-state index contributed by atoms with van der Waals surface area (Å²) in [4.78, 5) is 12.2. The van der Waals surface area contributed by atoms with Crippen molar-refractivity contribution in [2.75, 3.05) is 42.0 Å². The number of carbonyl (C=O) groups is 1. The highest BCUT2D eigenvalue weighted by Gasteiger charge is 2.01. The standard InChI is InChI=1S/C6H10O2.C3H9N.C2H6O4S/c1-3-5-8-6(7)4-2;1-4(2)3;1-5-7(3,4)6-2/h4H,2-3,5H2,1H3;1-3H3;1-2H3. The van der Waals surface area contributed by atoms with Gasteiger partial charge >= 0.3 is 16.4 Å². The van der Waals surface area contributed by atoms with Gasteiger partial charge < -0.3 is 9.64 Å². The summed E-state index contributed by atoms with van der Waals surface area (Å²) in [6.07, 6.45) is 2.02. The topological polar surface area (TPSA) is 82.1 Å². The molecule has 0 amide bonds. The first-order valence-electron chi connectivity index (χ1n) is 5.43. The molecule has 0 aromatic heterocycles. The summed E-state index contributed by atoms with van der Waals surface area (Å²) >= 11 is 0. The fraction of sp³-hybridized carbons (Fsp3) is 0.727. The minimum absolute atomic E-state index is 0.341. The lowest BCUT2D eigenvalue weighted by Crippen LogP contribution is -2.02. The normalized spacial score (nSPS) is 9.63. The molecule has 0 atom stereocenters. The number of hydrogen-bond donors (Lipinski definition) is 0. The number of hydrogen-bond acceptors (Lipinski definition) is 7. The molecule has 0 spiro atoms. The highest BCUT2D eigenvalue weighted by atomic mass is 32.3. The van der Waals surface area contributed by atoms with Gasteiger partial charge in [-0.25, -0.2) is 4.79 Å². The summed E-state index contributed by atoms with van der Waals surface area (Å²) in [5, 5.41) is 0. The number of rotatable bonds is 5. The molecule has 0 aromatic carbocycles. The Labute approximate surface area is 116 Å². The molecule has 0 unspecified atom stereocenters. The van der Waals surface area contributed by atoms with Crippen molar-refractivity contribution < 1.29 is 26.3 Å². The van der Waals surface area contributed by atoms with E-state index in [4.69, 9.17) is 0 Å². The zero-order chi connectivity index (χ0) is 15.9. The van der Waals surface area contributed by atoms with Crippen molar-refractivity contribution in [2.24, 2.45) is 0 Å². The van der Waals surface area contributed by atoms with Gasteiger partial charge in [-0.2, -0.15) is 8.42 Å². The Balaban J connectivity index is -0.000000214. The molecule has 0 radical (unpaired) electrons. The summed E-state index contributed by atoms with van der Waals surface area (Å²) in [6.45, 7) is 5.67. The van der Waals surface area contributed by atoms with Crippen LogP contribution in [0.15, 0.2) is 12.7 Å². The maximum absolute atomic E-state index is 10.2. The predicted molar refractivity (Wildman–Crippen MR) is 74.0 cm³/mol. The quantitative estimate of drug-likeness (QED) is 0.549. The van der Waals surface area contributed by atoms with Crippen molar-refractivity contribution in [3.8, 4) is 0 Å². The third kappa shape index (κ3) is 31.6. The Morgan fingerprint density at radius 3 is 1.74 bits per heavy atom. The molecular formula is C11H25NO6S. The fourth-order valence-electron chi connectivity index (χ4n) is 0.330. The van der Waals surface area contributed by atoms with Crippen molar-refractivity contribution in [3.05, 3.63) is 12.7 Å². The van der Waals surface area contributed by atoms with E-state index in [-0.39, 0.29) is 5.97 Å². The zero-order valence-corrected chi connectivity index (χ0v) is 13.3. The molecule has 0 saturated heterocycles. The summed E-state index contributed by atoms with van der Waals surface area (Å²) in [7, 11) is 4.40. The van der Waals surface area contributed by atoms with E-state index >= 15 is 0 Å². The maximum Gasteiger partial charge on any atom is 0.399 e. The van der Waals surface area contributed by atoms with Gasteiger partial charge in [0.2, 0.25) is 0 Å². The van der Waals surface area contributed by atoms with Crippen LogP contribution in [0.3, 0.4) is 0 Å². The molecule has 0 heterocycles. The highest BCUT2D eigenvalue weighted by Crippen LogP contribution is 1.85. The van der Waals surface area contributed by atoms with Crippen LogP contribution in [0.1, 0.15) is 13.3 Å². The second-order valence-corrected chi connectivity index (χ2v) is 4.94. The highest BCUT2D eigenvalue weighted by molar-refractivity contribution is 7.81. The second kappa shape index (κ2) is 15.1. The number of carbonyl (C=O) groups excluding carboxylic acids is 1. The van der Waals surface area contributed by atoms with Crippen molar-refractivity contribution in [1.29, 1.82) is 0 Å². The molecule has 0 fully saturated rings. The Kier molecular flexibility index (Phi) is 18.4. The molecule has 116 valence electrons. The first-order valence-corrected chi connectivity index (χ1v) is 6.76. The average Bonchev–Trinajstić information content (AvgIpc) is 2.36. The number of nitrogens with zero attached hydrogens (tertiary/aromatic N) is 1. The van der Waals surface area contributed by atoms with Gasteiger partial charge in [-0.3, -0.25) is 8.37 Å². The van der Waals surface area contributed by atoms with E-state index < -0.39 is 10.4 Å². The van der Waals surface area contributed by atoms with Crippen LogP contribution in [0.5, 0.6) is 0 Å². The lowest BCUT2D eigenvalue weighted by atomic mass is 10.5. The van der Waals surface area contributed by atoms with E-state index in [2.05, 4.69) is 19.7 Å². The smallest absolute Gasteiger partial charge is 0.399 e. The molecule has 0 aromatic rings. The molecule has 8 heteroatoms. The van der Waals surface area contributed by atoms with Crippen LogP contribution in [-0.2, 0) is 28.3 Å². The van der Waals surface area contributed by atoms with Gasteiger partial charge in [0, 0.05) is 6.08 Å². The van der Waals surface area contributed by atoms with Crippen molar-refractivity contribution >= 4 is 16.4 Å². The maximum atomic E-state index is 10.2. The van der Waals surface area contributed by atoms with Crippen LogP contribution in [0, 0.1) is 0 Å². The van der Waals surface area contributed by atoms with Gasteiger partial charge in [-0.1, -0.05) is 13.5 Å². The van der Waals surface area contributed by atoms with Crippen LogP contribution in [0.25, 0.3) is 0 Å². The van der Waals surface area contributed by atoms with Crippen LogP contribution in [0.2, 0.25) is 0 Å². The lowest BCUT2D eigenvalue weighted by Gasteiger charge is -1.94. The summed E-state index contributed by atoms with van der Waals surface area (Å²) in [6, 6.07) is 0. The fourth-order valence-corrected chi connectivity index (χ4v) is 0.466. The second-order valence-electron chi connectivity index (χ2n) is 3.45. The van der Waals surface area contributed by atoms with E-state index in [1.165, 1.54) is 0 Å². The summed E-state index contributed by atoms with van der Waals surface area (Å²) in [5.74, 6) is -0.341. The Hall–Kier alpha value is -0.960. The molecule has 0 bridgehead atoms. The molecular weight excluding hydrogens is 274 g/mol. The summed E-state index contributed by atoms with van der Waals surface area (Å²) in [5.41, 5.74) is 0. The molecule has 0 aliphatic carbocycles. The average molecular weight is 299 g/mol. The molecule has 0 saturated carbocycles. The number of esters is 1. The Morgan fingerprint density at radius 2 is 1.58 bits per heavy atom. The van der Waals surface area contributed by atoms with Gasteiger partial charge in [-0.05, 0) is 27.6 Å². The minimum Gasteiger partial charge on any atom is -0.463 e. The first kappa shape index (κ1) is 23.2. The number of ether oxygens (including phenoxy) is 1. The van der Waals surface area contributed by atoms with E-state index in [9.17, 15) is 13.2 Å². The predicted octanol–water partition coefficient (Wildman–Crippen LogP) is 0.827. The molecule has 7 nitrogen and oxygen atoms in total. The minimum atomic E-state index is -3.66. The van der Waals surface area contributed by atoms with Crippen LogP contribution in [0.4, 0.5) is 0 Å². The third-order valence-electron chi connectivity index (χ3n) is 1.02. The SMILES string of the molecule is C=CC(=O)OCCC.CN(C)C.COS(=O)(=O)OC. The van der Waals surface area contributed by atoms with Crippen molar-refractivity contribution in [2.45, 2.75) is 13.3 Å². The van der Waals surface area contributed by atoms with E-state index in [1.54, 1.807) is 0 Å². The van der Waals surface area contributed by atoms with Gasteiger partial charge in [0.25, 0.3) is 0 Å². The summed E-state index contributed by atoms with van der Waals surface area (Å²) < 4.78 is 32.1. The molecule has 0 aliphatic rings. The van der Waals surface area contributed by atoms with Gasteiger partial charge in [0.05, 0.1) is 20.8 Å². The van der Waals surface area contributed by atoms with E-state index in [0.29, 0.717) is 6.61 Å². The zero-order valence-electron chi connectivity index (χ0n) is 12.5. The largest absolute Gasteiger partial charge is 0.463 e. The Morgan fingerprint density at radius 1 is 1.21 bits per heavy atom. The van der Waals surface area contributed by atoms with Crippen LogP contribution in [-0.4, -0.2) is 61.3 Å². The lowest BCUT2D eigenvalue weighted by molar-refractivity contribution is -0.137. The molecule has 0 N–H and O–H groups in total. The Bertz CT molecular complexity index is 300. The van der Waals surface area contributed by atoms with Gasteiger partial charge in [0.1, 0.15) is 0 Å². The molecule has 0 aliphatic heterocycles. The van der Waals surface area contributed by atoms with E-state index in [1.807, 2.05) is 33.0 Å². The van der Waals surface area contributed by atoms with E-state index in [0.717, 1.165) is 26.7 Å². The van der Waals surface area contributed by atoms with Crippen molar-refractivity contribution in [1.82, 2.24) is 4.90 Å². The van der Waals surface area contributed by atoms with Crippen molar-refractivity contribution in [3.63, 3.8) is 0 Å². The molecule has 19 heavy (non-hydrogen) atoms.